The van der Waals surface area contributed by atoms with Crippen molar-refractivity contribution in [1.82, 2.24) is 9.97 Å². The molecule has 1 aromatic carbocycles. The molecule has 4 nitrogen and oxygen atoms in total. The summed E-state index contributed by atoms with van der Waals surface area (Å²) in [5.41, 5.74) is 3.39. The quantitative estimate of drug-likeness (QED) is 0.910. The van der Waals surface area contributed by atoms with E-state index in [0.717, 1.165) is 11.4 Å². The number of nitrogens with zero attached hydrogens (tertiary/aromatic N) is 3. The fraction of sp³-hybridized carbons (Fsp3) is 0.333. The van der Waals surface area contributed by atoms with Crippen LogP contribution in [0.5, 0.6) is 0 Å². The summed E-state index contributed by atoms with van der Waals surface area (Å²) in [5, 5.41) is 3.40. The zero-order valence-corrected chi connectivity index (χ0v) is 10.9. The van der Waals surface area contributed by atoms with E-state index >= 15 is 0 Å². The molecule has 2 heterocycles. The van der Waals surface area contributed by atoms with Gasteiger partial charge in [-0.3, -0.25) is 9.97 Å². The Bertz CT molecular complexity index is 521. The van der Waals surface area contributed by atoms with E-state index in [1.165, 1.54) is 31.6 Å². The van der Waals surface area contributed by atoms with Gasteiger partial charge in [0.15, 0.2) is 0 Å². The molecule has 1 saturated heterocycles. The molecule has 1 aliphatic heterocycles. The van der Waals surface area contributed by atoms with Crippen molar-refractivity contribution < 1.29 is 0 Å². The molecule has 19 heavy (non-hydrogen) atoms. The number of hydrogen-bond acceptors (Lipinski definition) is 4. The van der Waals surface area contributed by atoms with Crippen LogP contribution >= 0.6 is 0 Å². The molecule has 1 aromatic heterocycles. The highest BCUT2D eigenvalue weighted by atomic mass is 15.1. The molecule has 0 bridgehead atoms. The molecule has 0 amide bonds. The summed E-state index contributed by atoms with van der Waals surface area (Å²) in [4.78, 5) is 10.8. The predicted molar refractivity (Wildman–Crippen MR) is 77.2 cm³/mol. The van der Waals surface area contributed by atoms with Gasteiger partial charge in [0.2, 0.25) is 0 Å². The van der Waals surface area contributed by atoms with E-state index in [1.807, 2.05) is 0 Å². The Morgan fingerprint density at radius 2 is 2.05 bits per heavy atom. The van der Waals surface area contributed by atoms with Gasteiger partial charge in [0.05, 0.1) is 18.4 Å². The lowest BCUT2D eigenvalue weighted by Gasteiger charge is -2.18. The molecule has 2 aromatic rings. The first-order valence-electron chi connectivity index (χ1n) is 6.75. The molecule has 0 saturated carbocycles. The van der Waals surface area contributed by atoms with Gasteiger partial charge in [-0.05, 0) is 31.0 Å². The second-order valence-corrected chi connectivity index (χ2v) is 4.79. The van der Waals surface area contributed by atoms with Crippen LogP contribution in [0.3, 0.4) is 0 Å². The zero-order chi connectivity index (χ0) is 12.9. The Morgan fingerprint density at radius 1 is 1.16 bits per heavy atom. The number of hydrogen-bond donors (Lipinski definition) is 1. The molecule has 1 fully saturated rings. The highest BCUT2D eigenvalue weighted by Gasteiger charge is 2.12. The van der Waals surface area contributed by atoms with E-state index in [9.17, 15) is 0 Å². The molecule has 0 atom stereocenters. The monoisotopic (exact) mass is 254 g/mol. The van der Waals surface area contributed by atoms with Crippen molar-refractivity contribution in [2.24, 2.45) is 0 Å². The van der Waals surface area contributed by atoms with E-state index < -0.39 is 0 Å². The topological polar surface area (TPSA) is 41.1 Å². The minimum Gasteiger partial charge on any atom is -0.379 e. The number of nitrogens with one attached hydrogen (secondary N) is 1. The highest BCUT2D eigenvalue weighted by Crippen LogP contribution is 2.23. The number of rotatable bonds is 4. The van der Waals surface area contributed by atoms with Gasteiger partial charge < -0.3 is 10.2 Å². The highest BCUT2D eigenvalue weighted by molar-refractivity contribution is 5.58. The molecule has 0 radical (unpaired) electrons. The van der Waals surface area contributed by atoms with Crippen molar-refractivity contribution in [2.45, 2.75) is 19.4 Å². The van der Waals surface area contributed by atoms with Gasteiger partial charge in [-0.2, -0.15) is 0 Å². The first-order valence-corrected chi connectivity index (χ1v) is 6.75. The van der Waals surface area contributed by atoms with Crippen LogP contribution in [0.2, 0.25) is 0 Å². The first kappa shape index (κ1) is 12.0. The standard InChI is InChI=1S/C15H18N4/c1-2-9-19(8-1)15-5-3-4-13(10-15)18-12-14-11-16-6-7-17-14/h3-7,10-11,18H,1-2,8-9,12H2. The average Bonchev–Trinajstić information content (AvgIpc) is 3.01. The first-order chi connectivity index (χ1) is 9.42. The second-order valence-electron chi connectivity index (χ2n) is 4.79. The van der Waals surface area contributed by atoms with Crippen molar-refractivity contribution in [3.8, 4) is 0 Å². The van der Waals surface area contributed by atoms with Crippen LogP contribution in [0.25, 0.3) is 0 Å². The lowest BCUT2D eigenvalue weighted by Crippen LogP contribution is -2.17. The van der Waals surface area contributed by atoms with Crippen LogP contribution in [0, 0.1) is 0 Å². The van der Waals surface area contributed by atoms with Gasteiger partial charge in [-0.15, -0.1) is 0 Å². The van der Waals surface area contributed by atoms with Crippen LogP contribution in [0.1, 0.15) is 18.5 Å². The van der Waals surface area contributed by atoms with Gasteiger partial charge in [-0.1, -0.05) is 6.07 Å². The lowest BCUT2D eigenvalue weighted by atomic mass is 10.2. The van der Waals surface area contributed by atoms with Gasteiger partial charge in [-0.25, -0.2) is 0 Å². The average molecular weight is 254 g/mol. The Hall–Kier alpha value is -2.10. The second kappa shape index (κ2) is 5.69. The lowest BCUT2D eigenvalue weighted by molar-refractivity contribution is 0.949. The van der Waals surface area contributed by atoms with E-state index in [-0.39, 0.29) is 0 Å². The fourth-order valence-corrected chi connectivity index (χ4v) is 2.40. The fourth-order valence-electron chi connectivity index (χ4n) is 2.40. The van der Waals surface area contributed by atoms with Crippen LogP contribution in [0.4, 0.5) is 11.4 Å². The Morgan fingerprint density at radius 3 is 2.84 bits per heavy atom. The van der Waals surface area contributed by atoms with Crippen LogP contribution < -0.4 is 10.2 Å². The van der Waals surface area contributed by atoms with E-state index in [2.05, 4.69) is 44.5 Å². The van der Waals surface area contributed by atoms with E-state index in [0.29, 0.717) is 6.54 Å². The molecular formula is C15H18N4. The summed E-state index contributed by atoms with van der Waals surface area (Å²) >= 11 is 0. The van der Waals surface area contributed by atoms with Crippen LogP contribution in [-0.2, 0) is 6.54 Å². The van der Waals surface area contributed by atoms with Crippen LogP contribution in [0.15, 0.2) is 42.9 Å². The van der Waals surface area contributed by atoms with Crippen LogP contribution in [-0.4, -0.2) is 23.1 Å². The van der Waals surface area contributed by atoms with Crippen molar-refractivity contribution in [3.63, 3.8) is 0 Å². The smallest absolute Gasteiger partial charge is 0.0777 e. The van der Waals surface area contributed by atoms with Gasteiger partial charge in [0.25, 0.3) is 0 Å². The zero-order valence-electron chi connectivity index (χ0n) is 10.9. The predicted octanol–water partition coefficient (Wildman–Crippen LogP) is 2.69. The summed E-state index contributed by atoms with van der Waals surface area (Å²) in [7, 11) is 0. The van der Waals surface area contributed by atoms with Crippen molar-refractivity contribution in [1.29, 1.82) is 0 Å². The molecule has 1 aliphatic rings. The third kappa shape index (κ3) is 3.02. The van der Waals surface area contributed by atoms with Crippen molar-refractivity contribution in [2.75, 3.05) is 23.3 Å². The largest absolute Gasteiger partial charge is 0.379 e. The summed E-state index contributed by atoms with van der Waals surface area (Å²) in [5.74, 6) is 0. The Balaban J connectivity index is 1.66. The SMILES string of the molecule is c1cc(NCc2cnccn2)cc(N2CCCC2)c1. The summed E-state index contributed by atoms with van der Waals surface area (Å²) in [6, 6.07) is 8.59. The maximum absolute atomic E-state index is 4.26. The summed E-state index contributed by atoms with van der Waals surface area (Å²) in [6.07, 6.45) is 7.81. The number of aromatic nitrogens is 2. The normalized spacial score (nSPS) is 14.6. The molecular weight excluding hydrogens is 236 g/mol. The maximum Gasteiger partial charge on any atom is 0.0777 e. The van der Waals surface area contributed by atoms with Crippen molar-refractivity contribution in [3.05, 3.63) is 48.5 Å². The third-order valence-corrected chi connectivity index (χ3v) is 3.41. The molecule has 0 aliphatic carbocycles. The summed E-state index contributed by atoms with van der Waals surface area (Å²) < 4.78 is 0. The maximum atomic E-state index is 4.26. The molecule has 0 unspecified atom stereocenters. The number of benzene rings is 1. The Kier molecular flexibility index (Phi) is 3.58. The Labute approximate surface area is 113 Å². The van der Waals surface area contributed by atoms with Gasteiger partial charge in [0.1, 0.15) is 0 Å². The molecule has 3 rings (SSSR count). The van der Waals surface area contributed by atoms with Crippen molar-refractivity contribution >= 4 is 11.4 Å². The van der Waals surface area contributed by atoms with E-state index in [4.69, 9.17) is 0 Å². The number of anilines is 2. The molecule has 1 N–H and O–H groups in total. The van der Waals surface area contributed by atoms with E-state index in [1.54, 1.807) is 18.6 Å². The molecule has 98 valence electrons. The van der Waals surface area contributed by atoms with Gasteiger partial charge in [0, 0.05) is 36.9 Å². The molecule has 0 spiro atoms. The minimum absolute atomic E-state index is 0.706. The third-order valence-electron chi connectivity index (χ3n) is 3.41. The molecule has 4 heteroatoms. The van der Waals surface area contributed by atoms with Gasteiger partial charge >= 0.3 is 0 Å². The minimum atomic E-state index is 0.706. The summed E-state index contributed by atoms with van der Waals surface area (Å²) in [6.45, 7) is 3.05.